The summed E-state index contributed by atoms with van der Waals surface area (Å²) in [4.78, 5) is 14.7. The van der Waals surface area contributed by atoms with Crippen molar-refractivity contribution < 1.29 is 9.53 Å². The lowest BCUT2D eigenvalue weighted by Gasteiger charge is -2.22. The van der Waals surface area contributed by atoms with E-state index in [1.165, 1.54) is 5.56 Å². The van der Waals surface area contributed by atoms with Gasteiger partial charge in [0.25, 0.3) is 5.91 Å². The van der Waals surface area contributed by atoms with Crippen molar-refractivity contribution in [2.45, 2.75) is 13.3 Å². The smallest absolute Gasteiger partial charge is 0.257 e. The number of hydrogen-bond acceptors (Lipinski definition) is 2. The van der Waals surface area contributed by atoms with Crippen LogP contribution in [0.15, 0.2) is 67.3 Å². The number of carbonyl (C=O) groups is 1. The summed E-state index contributed by atoms with van der Waals surface area (Å²) in [6, 6.07) is 17.6. The number of hydrogen-bond donors (Lipinski definition) is 0. The molecule has 0 saturated heterocycles. The molecule has 0 radical (unpaired) electrons. The van der Waals surface area contributed by atoms with Crippen LogP contribution in [0.3, 0.4) is 0 Å². The minimum Gasteiger partial charge on any atom is -0.489 e. The molecule has 0 N–H and O–H groups in total. The van der Waals surface area contributed by atoms with E-state index < -0.39 is 0 Å². The Labute approximate surface area is 138 Å². The van der Waals surface area contributed by atoms with Crippen LogP contribution < -0.4 is 4.74 Å². The molecule has 2 aromatic carbocycles. The molecule has 0 fully saturated rings. The molecule has 0 spiro atoms. The van der Waals surface area contributed by atoms with Gasteiger partial charge in [0.1, 0.15) is 12.4 Å². The van der Waals surface area contributed by atoms with Gasteiger partial charge in [-0.05, 0) is 31.0 Å². The van der Waals surface area contributed by atoms with Crippen molar-refractivity contribution in [2.24, 2.45) is 0 Å². The number of carbonyl (C=O) groups excluding carboxylic acids is 1. The monoisotopic (exact) mass is 309 g/mol. The topological polar surface area (TPSA) is 29.5 Å². The number of ether oxygens (including phenoxy) is 1. The van der Waals surface area contributed by atoms with Crippen molar-refractivity contribution in [3.8, 4) is 5.75 Å². The zero-order chi connectivity index (χ0) is 16.5. The standard InChI is InChI=1S/C20H23NO2/c1-3-16-23-19-13-9-8-12-18(19)20(22)21(4-2)15-14-17-10-6-5-7-11-17/h3,5-13H,1,4,14-16H2,2H3. The summed E-state index contributed by atoms with van der Waals surface area (Å²) in [5.41, 5.74) is 1.83. The van der Waals surface area contributed by atoms with E-state index in [0.717, 1.165) is 6.42 Å². The van der Waals surface area contributed by atoms with E-state index in [2.05, 4.69) is 18.7 Å². The molecule has 0 aliphatic rings. The molecule has 0 aliphatic heterocycles. The number of amides is 1. The van der Waals surface area contributed by atoms with E-state index in [1.807, 2.05) is 54.3 Å². The zero-order valence-electron chi connectivity index (χ0n) is 13.6. The Balaban J connectivity index is 2.08. The summed E-state index contributed by atoms with van der Waals surface area (Å²) in [6.07, 6.45) is 2.52. The molecule has 0 aliphatic carbocycles. The Kier molecular flexibility index (Phi) is 6.42. The van der Waals surface area contributed by atoms with Crippen LogP contribution in [0.2, 0.25) is 0 Å². The first kappa shape index (κ1) is 16.8. The average Bonchev–Trinajstić information content (AvgIpc) is 2.61. The van der Waals surface area contributed by atoms with Gasteiger partial charge in [-0.1, -0.05) is 55.1 Å². The number of para-hydroxylation sites is 1. The summed E-state index contributed by atoms with van der Waals surface area (Å²) in [6.45, 7) is 7.39. The quantitative estimate of drug-likeness (QED) is 0.691. The number of likely N-dealkylation sites (N-methyl/N-ethyl adjacent to an activating group) is 1. The maximum Gasteiger partial charge on any atom is 0.257 e. The van der Waals surface area contributed by atoms with Gasteiger partial charge < -0.3 is 9.64 Å². The number of rotatable bonds is 8. The molecule has 3 nitrogen and oxygen atoms in total. The lowest BCUT2D eigenvalue weighted by Crippen LogP contribution is -2.33. The molecular formula is C20H23NO2. The van der Waals surface area contributed by atoms with Gasteiger partial charge in [-0.2, -0.15) is 0 Å². The van der Waals surface area contributed by atoms with Gasteiger partial charge in [-0.15, -0.1) is 0 Å². The van der Waals surface area contributed by atoms with Crippen LogP contribution in [-0.4, -0.2) is 30.5 Å². The van der Waals surface area contributed by atoms with Crippen LogP contribution in [0, 0.1) is 0 Å². The second kappa shape index (κ2) is 8.79. The lowest BCUT2D eigenvalue weighted by atomic mass is 10.1. The van der Waals surface area contributed by atoms with Crippen LogP contribution in [0.25, 0.3) is 0 Å². The average molecular weight is 309 g/mol. The van der Waals surface area contributed by atoms with Crippen molar-refractivity contribution in [2.75, 3.05) is 19.7 Å². The van der Waals surface area contributed by atoms with Crippen LogP contribution in [-0.2, 0) is 6.42 Å². The van der Waals surface area contributed by atoms with E-state index in [1.54, 1.807) is 6.08 Å². The third-order valence-corrected chi connectivity index (χ3v) is 3.66. The summed E-state index contributed by atoms with van der Waals surface area (Å²) in [7, 11) is 0. The maximum atomic E-state index is 12.8. The number of benzene rings is 2. The summed E-state index contributed by atoms with van der Waals surface area (Å²) < 4.78 is 5.60. The Morgan fingerprint density at radius 2 is 1.83 bits per heavy atom. The van der Waals surface area contributed by atoms with Gasteiger partial charge in [-0.25, -0.2) is 0 Å². The normalized spacial score (nSPS) is 10.1. The first-order valence-electron chi connectivity index (χ1n) is 7.92. The third kappa shape index (κ3) is 4.71. The van der Waals surface area contributed by atoms with Crippen LogP contribution in [0.5, 0.6) is 5.75 Å². The molecule has 23 heavy (non-hydrogen) atoms. The Hall–Kier alpha value is -2.55. The molecule has 0 heterocycles. The first-order chi connectivity index (χ1) is 11.3. The molecule has 3 heteroatoms. The SMILES string of the molecule is C=CCOc1ccccc1C(=O)N(CC)CCc1ccccc1. The predicted molar refractivity (Wildman–Crippen MR) is 93.9 cm³/mol. The van der Waals surface area contributed by atoms with E-state index in [-0.39, 0.29) is 5.91 Å². The molecule has 0 bridgehead atoms. The zero-order valence-corrected chi connectivity index (χ0v) is 13.6. The molecule has 2 aromatic rings. The highest BCUT2D eigenvalue weighted by molar-refractivity contribution is 5.96. The maximum absolute atomic E-state index is 12.8. The second-order valence-corrected chi connectivity index (χ2v) is 5.22. The third-order valence-electron chi connectivity index (χ3n) is 3.66. The summed E-state index contributed by atoms with van der Waals surface area (Å²) >= 11 is 0. The van der Waals surface area contributed by atoms with Crippen molar-refractivity contribution >= 4 is 5.91 Å². The van der Waals surface area contributed by atoms with Gasteiger partial charge >= 0.3 is 0 Å². The molecule has 0 unspecified atom stereocenters. The molecule has 2 rings (SSSR count). The summed E-state index contributed by atoms with van der Waals surface area (Å²) in [5.74, 6) is 0.610. The fourth-order valence-electron chi connectivity index (χ4n) is 2.40. The van der Waals surface area contributed by atoms with Gasteiger partial charge in [0.2, 0.25) is 0 Å². The summed E-state index contributed by atoms with van der Waals surface area (Å²) in [5, 5.41) is 0. The van der Waals surface area contributed by atoms with Crippen LogP contribution >= 0.6 is 0 Å². The highest BCUT2D eigenvalue weighted by Crippen LogP contribution is 2.20. The molecule has 0 atom stereocenters. The fourth-order valence-corrected chi connectivity index (χ4v) is 2.40. The Morgan fingerprint density at radius 1 is 1.13 bits per heavy atom. The molecule has 120 valence electrons. The largest absolute Gasteiger partial charge is 0.489 e. The Morgan fingerprint density at radius 3 is 2.52 bits per heavy atom. The van der Waals surface area contributed by atoms with Gasteiger partial charge in [-0.3, -0.25) is 4.79 Å². The fraction of sp³-hybridized carbons (Fsp3) is 0.250. The van der Waals surface area contributed by atoms with Gasteiger partial charge in [0.05, 0.1) is 5.56 Å². The van der Waals surface area contributed by atoms with Crippen molar-refractivity contribution in [3.63, 3.8) is 0 Å². The molecule has 0 saturated carbocycles. The van der Waals surface area contributed by atoms with Gasteiger partial charge in [0, 0.05) is 13.1 Å². The minimum atomic E-state index is 0.00286. The highest BCUT2D eigenvalue weighted by Gasteiger charge is 2.18. The van der Waals surface area contributed by atoms with E-state index in [0.29, 0.717) is 31.0 Å². The molecule has 0 aromatic heterocycles. The van der Waals surface area contributed by atoms with Crippen LogP contribution in [0.1, 0.15) is 22.8 Å². The van der Waals surface area contributed by atoms with Crippen molar-refractivity contribution in [3.05, 3.63) is 78.4 Å². The van der Waals surface area contributed by atoms with Crippen molar-refractivity contribution in [1.29, 1.82) is 0 Å². The van der Waals surface area contributed by atoms with Crippen molar-refractivity contribution in [1.82, 2.24) is 4.90 Å². The second-order valence-electron chi connectivity index (χ2n) is 5.22. The van der Waals surface area contributed by atoms with Crippen LogP contribution in [0.4, 0.5) is 0 Å². The highest BCUT2D eigenvalue weighted by atomic mass is 16.5. The van der Waals surface area contributed by atoms with E-state index >= 15 is 0 Å². The van der Waals surface area contributed by atoms with Gasteiger partial charge in [0.15, 0.2) is 0 Å². The lowest BCUT2D eigenvalue weighted by molar-refractivity contribution is 0.0762. The predicted octanol–water partition coefficient (Wildman–Crippen LogP) is 3.96. The van der Waals surface area contributed by atoms with E-state index in [9.17, 15) is 4.79 Å². The number of nitrogens with zero attached hydrogens (tertiary/aromatic N) is 1. The van der Waals surface area contributed by atoms with E-state index in [4.69, 9.17) is 4.74 Å². The molecular weight excluding hydrogens is 286 g/mol. The molecule has 1 amide bonds. The minimum absolute atomic E-state index is 0.00286. The Bertz CT molecular complexity index is 637. The first-order valence-corrected chi connectivity index (χ1v) is 7.92.